The highest BCUT2D eigenvalue weighted by atomic mass is 16.5. The van der Waals surface area contributed by atoms with Crippen molar-refractivity contribution in [1.29, 1.82) is 0 Å². The summed E-state index contributed by atoms with van der Waals surface area (Å²) < 4.78 is 6.73. The summed E-state index contributed by atoms with van der Waals surface area (Å²) in [5.74, 6) is 1.57. The first kappa shape index (κ1) is 17.3. The van der Waals surface area contributed by atoms with Gasteiger partial charge in [-0.05, 0) is 91.0 Å². The molecule has 1 heterocycles. The van der Waals surface area contributed by atoms with Gasteiger partial charge in [0.25, 0.3) is 5.91 Å². The molecule has 0 unspecified atom stereocenters. The van der Waals surface area contributed by atoms with Crippen molar-refractivity contribution in [3.8, 4) is 5.69 Å². The number of hydrogen-bond acceptors (Lipinski definition) is 6. The molecule has 1 amide bonds. The Balaban J connectivity index is 1.16. The van der Waals surface area contributed by atoms with Crippen molar-refractivity contribution in [1.82, 2.24) is 25.5 Å². The fraction of sp³-hybridized carbons (Fsp3) is 0.550. The monoisotopic (exact) mass is 381 g/mol. The van der Waals surface area contributed by atoms with E-state index in [-0.39, 0.29) is 18.1 Å². The molecular weight excluding hydrogens is 358 g/mol. The highest BCUT2D eigenvalue weighted by Gasteiger charge is 2.51. The quantitative estimate of drug-likeness (QED) is 0.794. The molecule has 8 heteroatoms. The molecule has 0 spiro atoms. The largest absolute Gasteiger partial charge is 0.452 e. The van der Waals surface area contributed by atoms with Gasteiger partial charge in [-0.1, -0.05) is 0 Å². The van der Waals surface area contributed by atoms with Crippen LogP contribution in [-0.2, 0) is 9.53 Å². The van der Waals surface area contributed by atoms with E-state index in [0.717, 1.165) is 42.7 Å². The second kappa shape index (κ2) is 6.68. The predicted octanol–water partition coefficient (Wildman–Crippen LogP) is 1.90. The van der Waals surface area contributed by atoms with Crippen LogP contribution in [0.1, 0.15) is 48.9 Å². The SMILES string of the molecule is O=C(COC(=O)c1ccc(-n2cnnn2)cc1)NC12CC3CC(CC(C3)C1)C2. The summed E-state index contributed by atoms with van der Waals surface area (Å²) in [6.45, 7) is -0.241. The fourth-order valence-corrected chi connectivity index (χ4v) is 5.84. The first-order chi connectivity index (χ1) is 13.6. The number of esters is 1. The van der Waals surface area contributed by atoms with E-state index in [9.17, 15) is 9.59 Å². The lowest BCUT2D eigenvalue weighted by molar-refractivity contribution is -0.130. The molecule has 8 nitrogen and oxygen atoms in total. The molecule has 1 aromatic heterocycles. The van der Waals surface area contributed by atoms with E-state index in [1.807, 2.05) is 0 Å². The molecule has 4 bridgehead atoms. The van der Waals surface area contributed by atoms with Gasteiger partial charge in [0.1, 0.15) is 6.33 Å². The van der Waals surface area contributed by atoms with Gasteiger partial charge in [-0.3, -0.25) is 4.79 Å². The Morgan fingerprint density at radius 3 is 2.29 bits per heavy atom. The van der Waals surface area contributed by atoms with E-state index < -0.39 is 5.97 Å². The first-order valence-corrected chi connectivity index (χ1v) is 9.90. The number of nitrogens with zero attached hydrogens (tertiary/aromatic N) is 4. The normalized spacial score (nSPS) is 30.2. The molecule has 4 fully saturated rings. The van der Waals surface area contributed by atoms with Gasteiger partial charge in [0.05, 0.1) is 11.3 Å². The fourth-order valence-electron chi connectivity index (χ4n) is 5.84. The zero-order chi connectivity index (χ0) is 19.1. The third kappa shape index (κ3) is 3.27. The average Bonchev–Trinajstić information content (AvgIpc) is 3.19. The topological polar surface area (TPSA) is 99.0 Å². The first-order valence-electron chi connectivity index (χ1n) is 9.90. The highest BCUT2D eigenvalue weighted by molar-refractivity contribution is 5.91. The molecule has 4 saturated carbocycles. The lowest BCUT2D eigenvalue weighted by Crippen LogP contribution is -2.60. The van der Waals surface area contributed by atoms with Crippen LogP contribution in [0.5, 0.6) is 0 Å². The van der Waals surface area contributed by atoms with Gasteiger partial charge in [-0.15, -0.1) is 5.10 Å². The summed E-state index contributed by atoms with van der Waals surface area (Å²) in [7, 11) is 0. The molecule has 6 rings (SSSR count). The van der Waals surface area contributed by atoms with E-state index in [4.69, 9.17) is 4.74 Å². The minimum absolute atomic E-state index is 0.0638. The average molecular weight is 381 g/mol. The third-order valence-electron chi connectivity index (χ3n) is 6.49. The number of ether oxygens (including phenoxy) is 1. The van der Waals surface area contributed by atoms with Crippen LogP contribution in [-0.4, -0.2) is 44.2 Å². The number of aromatic nitrogens is 4. The number of carbonyl (C=O) groups is 2. The number of benzene rings is 1. The molecule has 2 aromatic rings. The van der Waals surface area contributed by atoms with Crippen LogP contribution >= 0.6 is 0 Å². The Labute approximate surface area is 162 Å². The number of amides is 1. The summed E-state index contributed by atoms with van der Waals surface area (Å²) >= 11 is 0. The van der Waals surface area contributed by atoms with Crippen molar-refractivity contribution in [2.45, 2.75) is 44.1 Å². The van der Waals surface area contributed by atoms with Crippen molar-refractivity contribution in [3.05, 3.63) is 36.2 Å². The lowest BCUT2D eigenvalue weighted by atomic mass is 9.53. The van der Waals surface area contributed by atoms with Gasteiger partial charge >= 0.3 is 5.97 Å². The van der Waals surface area contributed by atoms with E-state index in [1.54, 1.807) is 24.3 Å². The van der Waals surface area contributed by atoms with Crippen LogP contribution in [0.4, 0.5) is 0 Å². The van der Waals surface area contributed by atoms with E-state index in [0.29, 0.717) is 5.56 Å². The van der Waals surface area contributed by atoms with Crippen molar-refractivity contribution in [2.75, 3.05) is 6.61 Å². The molecule has 0 saturated heterocycles. The maximum atomic E-state index is 12.5. The summed E-state index contributed by atoms with van der Waals surface area (Å²) in [6.07, 6.45) is 8.69. The van der Waals surface area contributed by atoms with Gasteiger partial charge in [0.2, 0.25) is 0 Å². The minimum atomic E-state index is -0.510. The van der Waals surface area contributed by atoms with Gasteiger partial charge in [-0.2, -0.15) is 0 Å². The van der Waals surface area contributed by atoms with E-state index in [2.05, 4.69) is 20.8 Å². The molecular formula is C20H23N5O3. The standard InChI is InChI=1S/C20H23N5O3/c26-18(22-20-8-13-5-14(9-20)7-15(6-13)10-20)11-28-19(27)16-1-3-17(4-2-16)25-12-21-23-24-25/h1-4,12-15H,5-11H2,(H,22,26). The van der Waals surface area contributed by atoms with E-state index in [1.165, 1.54) is 30.3 Å². The zero-order valence-corrected chi connectivity index (χ0v) is 15.6. The molecule has 1 aromatic carbocycles. The number of nitrogens with one attached hydrogen (secondary N) is 1. The van der Waals surface area contributed by atoms with Crippen molar-refractivity contribution in [3.63, 3.8) is 0 Å². The molecule has 4 aliphatic rings. The Hall–Kier alpha value is -2.77. The van der Waals surface area contributed by atoms with Crippen LogP contribution in [0.25, 0.3) is 5.69 Å². The Morgan fingerprint density at radius 1 is 1.07 bits per heavy atom. The smallest absolute Gasteiger partial charge is 0.338 e. The molecule has 4 aliphatic carbocycles. The number of rotatable bonds is 5. The minimum Gasteiger partial charge on any atom is -0.452 e. The number of hydrogen-bond donors (Lipinski definition) is 1. The molecule has 0 radical (unpaired) electrons. The molecule has 1 N–H and O–H groups in total. The summed E-state index contributed by atoms with van der Waals surface area (Å²) in [5.41, 5.74) is 1.06. The maximum absolute atomic E-state index is 12.5. The van der Waals surface area contributed by atoms with Gasteiger partial charge in [0.15, 0.2) is 6.61 Å². The van der Waals surface area contributed by atoms with Crippen LogP contribution < -0.4 is 5.32 Å². The predicted molar refractivity (Wildman–Crippen MR) is 98.5 cm³/mol. The number of tetrazole rings is 1. The van der Waals surface area contributed by atoms with Crippen molar-refractivity contribution < 1.29 is 14.3 Å². The van der Waals surface area contributed by atoms with Gasteiger partial charge in [0, 0.05) is 5.54 Å². The van der Waals surface area contributed by atoms with Gasteiger partial charge < -0.3 is 10.1 Å². The molecule has 146 valence electrons. The molecule has 28 heavy (non-hydrogen) atoms. The van der Waals surface area contributed by atoms with Crippen molar-refractivity contribution in [2.24, 2.45) is 17.8 Å². The zero-order valence-electron chi connectivity index (χ0n) is 15.6. The van der Waals surface area contributed by atoms with Crippen LogP contribution in [0.15, 0.2) is 30.6 Å². The van der Waals surface area contributed by atoms with Crippen LogP contribution in [0.3, 0.4) is 0 Å². The summed E-state index contributed by atoms with van der Waals surface area (Å²) in [6, 6.07) is 6.72. The Bertz CT molecular complexity index is 842. The second-order valence-corrected chi connectivity index (χ2v) is 8.62. The van der Waals surface area contributed by atoms with Crippen molar-refractivity contribution >= 4 is 11.9 Å². The Kier molecular flexibility index (Phi) is 4.14. The van der Waals surface area contributed by atoms with E-state index >= 15 is 0 Å². The summed E-state index contributed by atoms with van der Waals surface area (Å²) in [5, 5.41) is 14.2. The van der Waals surface area contributed by atoms with Gasteiger partial charge in [-0.25, -0.2) is 9.48 Å². The Morgan fingerprint density at radius 2 is 1.71 bits per heavy atom. The lowest BCUT2D eigenvalue weighted by Gasteiger charge is -2.56. The van der Waals surface area contributed by atoms with Crippen LogP contribution in [0, 0.1) is 17.8 Å². The molecule has 0 aliphatic heterocycles. The maximum Gasteiger partial charge on any atom is 0.338 e. The van der Waals surface area contributed by atoms with Crippen LogP contribution in [0.2, 0.25) is 0 Å². The molecule has 0 atom stereocenters. The summed E-state index contributed by atoms with van der Waals surface area (Å²) in [4.78, 5) is 24.7. The third-order valence-corrected chi connectivity index (χ3v) is 6.49. The highest BCUT2D eigenvalue weighted by Crippen LogP contribution is 2.55. The second-order valence-electron chi connectivity index (χ2n) is 8.62. The number of carbonyl (C=O) groups excluding carboxylic acids is 2.